The maximum absolute atomic E-state index is 12.3. The van der Waals surface area contributed by atoms with Gasteiger partial charge >= 0.3 is 0 Å². The minimum absolute atomic E-state index is 0.112. The van der Waals surface area contributed by atoms with Crippen molar-refractivity contribution in [3.8, 4) is 0 Å². The Bertz CT molecular complexity index is 821. The van der Waals surface area contributed by atoms with E-state index in [1.807, 2.05) is 39.0 Å². The number of thiophene rings is 1. The molecule has 1 amide bonds. The third-order valence-corrected chi connectivity index (χ3v) is 6.65. The van der Waals surface area contributed by atoms with Gasteiger partial charge in [-0.25, -0.2) is 13.1 Å². The molecule has 0 aliphatic carbocycles. The fourth-order valence-corrected chi connectivity index (χ4v) is 4.93. The standard InChI is InChI=1S/C17H22N2O3S2/c1-12-6-5-7-13(2)17(12)19(15(4)20)11-10-18-24(21,22)16-9-8-14(3)23-16/h5-9,18H,10-11H2,1-4H3. The lowest BCUT2D eigenvalue weighted by Crippen LogP contribution is -2.38. The average molecular weight is 367 g/mol. The summed E-state index contributed by atoms with van der Waals surface area (Å²) < 4.78 is 27.4. The first-order valence-corrected chi connectivity index (χ1v) is 9.93. The monoisotopic (exact) mass is 366 g/mol. The van der Waals surface area contributed by atoms with Crippen molar-refractivity contribution in [2.75, 3.05) is 18.0 Å². The summed E-state index contributed by atoms with van der Waals surface area (Å²) in [6, 6.07) is 9.19. The van der Waals surface area contributed by atoms with Crippen molar-refractivity contribution in [1.82, 2.24) is 4.72 Å². The van der Waals surface area contributed by atoms with E-state index in [1.54, 1.807) is 17.0 Å². The number of carbonyl (C=O) groups excluding carboxylic acids is 1. The van der Waals surface area contributed by atoms with Gasteiger partial charge < -0.3 is 4.90 Å². The Kier molecular flexibility index (Phi) is 5.79. The van der Waals surface area contributed by atoms with Crippen molar-refractivity contribution in [3.05, 3.63) is 46.3 Å². The molecule has 2 aromatic rings. The zero-order valence-electron chi connectivity index (χ0n) is 14.3. The summed E-state index contributed by atoms with van der Waals surface area (Å²) in [6.07, 6.45) is 0. The smallest absolute Gasteiger partial charge is 0.250 e. The largest absolute Gasteiger partial charge is 0.311 e. The van der Waals surface area contributed by atoms with Crippen LogP contribution in [0.5, 0.6) is 0 Å². The van der Waals surface area contributed by atoms with Crippen LogP contribution in [0.15, 0.2) is 34.5 Å². The van der Waals surface area contributed by atoms with Crippen LogP contribution in [0.4, 0.5) is 5.69 Å². The van der Waals surface area contributed by atoms with E-state index in [4.69, 9.17) is 0 Å². The lowest BCUT2D eigenvalue weighted by Gasteiger charge is -2.25. The molecule has 24 heavy (non-hydrogen) atoms. The number of anilines is 1. The van der Waals surface area contributed by atoms with Crippen LogP contribution < -0.4 is 9.62 Å². The fourth-order valence-electron chi connectivity index (χ4n) is 2.58. The van der Waals surface area contributed by atoms with Crippen molar-refractivity contribution in [2.24, 2.45) is 0 Å². The summed E-state index contributed by atoms with van der Waals surface area (Å²) in [5.74, 6) is -0.112. The van der Waals surface area contributed by atoms with E-state index in [0.29, 0.717) is 4.21 Å². The number of sulfonamides is 1. The molecule has 0 saturated heterocycles. The molecule has 0 unspecified atom stereocenters. The summed E-state index contributed by atoms with van der Waals surface area (Å²) in [7, 11) is -3.53. The van der Waals surface area contributed by atoms with E-state index in [2.05, 4.69) is 4.72 Å². The van der Waals surface area contributed by atoms with Crippen LogP contribution in [0.25, 0.3) is 0 Å². The number of para-hydroxylation sites is 1. The molecule has 0 saturated carbocycles. The molecule has 1 aromatic heterocycles. The van der Waals surface area contributed by atoms with Gasteiger partial charge in [-0.1, -0.05) is 18.2 Å². The highest BCUT2D eigenvalue weighted by molar-refractivity contribution is 7.91. The maximum Gasteiger partial charge on any atom is 0.250 e. The molecule has 0 fully saturated rings. The number of nitrogens with zero attached hydrogens (tertiary/aromatic N) is 1. The van der Waals surface area contributed by atoms with E-state index >= 15 is 0 Å². The van der Waals surface area contributed by atoms with Crippen LogP contribution in [0.1, 0.15) is 22.9 Å². The Labute approximate surface area is 147 Å². The number of hydrogen-bond acceptors (Lipinski definition) is 4. The highest BCUT2D eigenvalue weighted by Crippen LogP contribution is 2.25. The second kappa shape index (κ2) is 7.46. The second-order valence-corrected chi connectivity index (χ2v) is 8.96. The molecule has 5 nitrogen and oxygen atoms in total. The normalized spacial score (nSPS) is 11.5. The Morgan fingerprint density at radius 2 is 1.75 bits per heavy atom. The van der Waals surface area contributed by atoms with E-state index in [9.17, 15) is 13.2 Å². The summed E-state index contributed by atoms with van der Waals surface area (Å²) in [5.41, 5.74) is 2.82. The Hall–Kier alpha value is -1.70. The highest BCUT2D eigenvalue weighted by atomic mass is 32.2. The summed E-state index contributed by atoms with van der Waals surface area (Å²) in [5, 5.41) is 0. The van der Waals surface area contributed by atoms with Crippen LogP contribution in [-0.2, 0) is 14.8 Å². The molecule has 0 aliphatic heterocycles. The number of amides is 1. The number of carbonyl (C=O) groups is 1. The van der Waals surface area contributed by atoms with Crippen LogP contribution >= 0.6 is 11.3 Å². The van der Waals surface area contributed by atoms with Gasteiger partial charge in [-0.05, 0) is 44.0 Å². The first-order valence-electron chi connectivity index (χ1n) is 7.63. The Balaban J connectivity index is 2.12. The quantitative estimate of drug-likeness (QED) is 0.855. The molecule has 1 heterocycles. The van der Waals surface area contributed by atoms with Gasteiger partial charge in [0.25, 0.3) is 0 Å². The Morgan fingerprint density at radius 3 is 2.25 bits per heavy atom. The molecule has 0 aliphatic rings. The van der Waals surface area contributed by atoms with Gasteiger partial charge in [-0.2, -0.15) is 0 Å². The van der Waals surface area contributed by atoms with Gasteiger partial charge in [-0.3, -0.25) is 4.79 Å². The predicted octanol–water partition coefficient (Wildman–Crippen LogP) is 3.00. The predicted molar refractivity (Wildman–Crippen MR) is 98.2 cm³/mol. The van der Waals surface area contributed by atoms with Crippen LogP contribution in [-0.4, -0.2) is 27.4 Å². The minimum Gasteiger partial charge on any atom is -0.311 e. The number of nitrogens with one attached hydrogen (secondary N) is 1. The van der Waals surface area contributed by atoms with Crippen molar-refractivity contribution in [1.29, 1.82) is 0 Å². The van der Waals surface area contributed by atoms with Crippen LogP contribution in [0, 0.1) is 20.8 Å². The van der Waals surface area contributed by atoms with E-state index < -0.39 is 10.0 Å². The van der Waals surface area contributed by atoms with E-state index in [-0.39, 0.29) is 19.0 Å². The SMILES string of the molecule is CC(=O)N(CCNS(=O)(=O)c1ccc(C)s1)c1c(C)cccc1C. The molecule has 0 radical (unpaired) electrons. The number of rotatable bonds is 6. The molecule has 0 spiro atoms. The fraction of sp³-hybridized carbons (Fsp3) is 0.353. The van der Waals surface area contributed by atoms with Crippen molar-refractivity contribution < 1.29 is 13.2 Å². The molecule has 0 bridgehead atoms. The average Bonchev–Trinajstić information content (AvgIpc) is 2.92. The van der Waals surface area contributed by atoms with Crippen LogP contribution in [0.3, 0.4) is 0 Å². The molecule has 1 aromatic carbocycles. The van der Waals surface area contributed by atoms with E-state index in [0.717, 1.165) is 21.7 Å². The molecule has 1 N–H and O–H groups in total. The van der Waals surface area contributed by atoms with E-state index in [1.165, 1.54) is 18.3 Å². The topological polar surface area (TPSA) is 66.5 Å². The third-order valence-electron chi connectivity index (χ3n) is 3.70. The first kappa shape index (κ1) is 18.6. The molecule has 7 heteroatoms. The lowest BCUT2D eigenvalue weighted by atomic mass is 10.1. The van der Waals surface area contributed by atoms with Gasteiger partial charge in [0, 0.05) is 30.6 Å². The van der Waals surface area contributed by atoms with Crippen molar-refractivity contribution >= 4 is 33.0 Å². The highest BCUT2D eigenvalue weighted by Gasteiger charge is 2.19. The third kappa shape index (κ3) is 4.23. The van der Waals surface area contributed by atoms with Crippen LogP contribution in [0.2, 0.25) is 0 Å². The molecule has 2 rings (SSSR count). The second-order valence-electron chi connectivity index (χ2n) is 5.67. The zero-order valence-corrected chi connectivity index (χ0v) is 15.9. The lowest BCUT2D eigenvalue weighted by molar-refractivity contribution is -0.116. The zero-order chi connectivity index (χ0) is 17.9. The van der Waals surface area contributed by atoms with Crippen molar-refractivity contribution in [2.45, 2.75) is 31.9 Å². The maximum atomic E-state index is 12.3. The number of hydrogen-bond donors (Lipinski definition) is 1. The molecule has 0 atom stereocenters. The minimum atomic E-state index is -3.53. The summed E-state index contributed by atoms with van der Waals surface area (Å²) in [6.45, 7) is 7.68. The number of aryl methyl sites for hydroxylation is 3. The molecule has 130 valence electrons. The molecular weight excluding hydrogens is 344 g/mol. The van der Waals surface area contributed by atoms with Gasteiger partial charge in [0.2, 0.25) is 15.9 Å². The number of benzene rings is 1. The summed E-state index contributed by atoms with van der Waals surface area (Å²) >= 11 is 1.23. The summed E-state index contributed by atoms with van der Waals surface area (Å²) in [4.78, 5) is 14.6. The molecular formula is C17H22N2O3S2. The van der Waals surface area contributed by atoms with Gasteiger partial charge in [0.1, 0.15) is 4.21 Å². The van der Waals surface area contributed by atoms with Crippen molar-refractivity contribution in [3.63, 3.8) is 0 Å². The first-order chi connectivity index (χ1) is 11.2. The van der Waals surface area contributed by atoms with Gasteiger partial charge in [-0.15, -0.1) is 11.3 Å². The van der Waals surface area contributed by atoms with Gasteiger partial charge in [0.05, 0.1) is 0 Å². The Morgan fingerprint density at radius 1 is 1.12 bits per heavy atom. The van der Waals surface area contributed by atoms with Gasteiger partial charge in [0.15, 0.2) is 0 Å².